The van der Waals surface area contributed by atoms with Crippen LogP contribution in [0.3, 0.4) is 0 Å². The molecule has 0 spiro atoms. The van der Waals surface area contributed by atoms with E-state index in [1.807, 2.05) is 12.1 Å². The number of carbonyl (C=O) groups is 1. The molecule has 1 aliphatic carbocycles. The summed E-state index contributed by atoms with van der Waals surface area (Å²) in [6, 6.07) is 5.94. The highest BCUT2D eigenvalue weighted by Crippen LogP contribution is 2.37. The van der Waals surface area contributed by atoms with Crippen molar-refractivity contribution < 1.29 is 9.90 Å². The molecule has 0 bridgehead atoms. The van der Waals surface area contributed by atoms with Crippen LogP contribution in [0.25, 0.3) is 16.6 Å². The van der Waals surface area contributed by atoms with E-state index in [4.69, 9.17) is 5.10 Å². The van der Waals surface area contributed by atoms with Gasteiger partial charge in [0.05, 0.1) is 17.2 Å². The predicted molar refractivity (Wildman–Crippen MR) is 132 cm³/mol. The fourth-order valence-corrected chi connectivity index (χ4v) is 5.10. The van der Waals surface area contributed by atoms with Gasteiger partial charge in [0.15, 0.2) is 11.3 Å². The molecule has 34 heavy (non-hydrogen) atoms. The van der Waals surface area contributed by atoms with Crippen molar-refractivity contribution in [1.29, 1.82) is 0 Å². The molecule has 5 rings (SSSR count). The second-order valence-electron chi connectivity index (χ2n) is 10.3. The molecule has 0 radical (unpaired) electrons. The molecule has 0 atom stereocenters. The Bertz CT molecular complexity index is 1340. The quantitative estimate of drug-likeness (QED) is 0.439. The lowest BCUT2D eigenvalue weighted by molar-refractivity contribution is 0.0794. The first-order chi connectivity index (χ1) is 16.2. The minimum atomic E-state index is -1.16. The maximum Gasteiger partial charge on any atom is 0.278 e. The maximum absolute atomic E-state index is 13.1. The number of imidazole rings is 1. The van der Waals surface area contributed by atoms with Crippen molar-refractivity contribution in [2.24, 2.45) is 11.8 Å². The van der Waals surface area contributed by atoms with E-state index in [0.717, 1.165) is 35.6 Å². The summed E-state index contributed by atoms with van der Waals surface area (Å²) in [6.07, 6.45) is 11.7. The van der Waals surface area contributed by atoms with Crippen molar-refractivity contribution in [1.82, 2.24) is 24.1 Å². The average Bonchev–Trinajstić information content (AvgIpc) is 3.42. The number of amides is 1. The van der Waals surface area contributed by atoms with Gasteiger partial charge in [-0.1, -0.05) is 13.8 Å². The largest absolute Gasteiger partial charge is 0.386 e. The predicted octanol–water partition coefficient (Wildman–Crippen LogP) is 4.95. The molecule has 0 unspecified atom stereocenters. The van der Waals surface area contributed by atoms with Crippen LogP contribution in [0.4, 0.5) is 5.69 Å². The average molecular weight is 461 g/mol. The summed E-state index contributed by atoms with van der Waals surface area (Å²) in [5.41, 5.74) is 1.53. The Hall–Kier alpha value is -3.26. The normalized spacial score (nSPS) is 19.2. The van der Waals surface area contributed by atoms with Crippen LogP contribution in [0.2, 0.25) is 0 Å². The fourth-order valence-electron chi connectivity index (χ4n) is 5.10. The zero-order valence-electron chi connectivity index (χ0n) is 20.2. The standard InChI is InChI=1S/C26H32N6O2/c1-16(2)17-6-8-19(9-7-17)32-14-18-12-22(20(26(3,4)34)13-21(18)30-32)29-25(33)23-24-27-10-5-11-31(24)15-28-23/h5,10-17,19,34H,6-9H2,1-4H3,(H,29,33)/t17-,19+. The number of fused-ring (bicyclic) bond motifs is 2. The van der Waals surface area contributed by atoms with E-state index < -0.39 is 5.60 Å². The van der Waals surface area contributed by atoms with E-state index in [1.165, 1.54) is 12.8 Å². The number of hydrogen-bond acceptors (Lipinski definition) is 5. The van der Waals surface area contributed by atoms with Crippen LogP contribution in [0, 0.1) is 11.8 Å². The van der Waals surface area contributed by atoms with Crippen molar-refractivity contribution in [2.45, 2.75) is 65.0 Å². The smallest absolute Gasteiger partial charge is 0.278 e. The van der Waals surface area contributed by atoms with Crippen molar-refractivity contribution in [2.75, 3.05) is 5.32 Å². The van der Waals surface area contributed by atoms with Gasteiger partial charge in [0.1, 0.15) is 6.33 Å². The van der Waals surface area contributed by atoms with Gasteiger partial charge in [-0.3, -0.25) is 13.9 Å². The summed E-state index contributed by atoms with van der Waals surface area (Å²) in [4.78, 5) is 21.6. The van der Waals surface area contributed by atoms with E-state index in [2.05, 4.69) is 40.0 Å². The molecule has 3 aromatic heterocycles. The number of rotatable bonds is 5. The molecule has 3 heterocycles. The number of nitrogens with zero attached hydrogens (tertiary/aromatic N) is 5. The first-order valence-corrected chi connectivity index (χ1v) is 12.1. The number of carbonyl (C=O) groups excluding carboxylic acids is 1. The molecule has 0 aliphatic heterocycles. The number of anilines is 1. The first kappa shape index (κ1) is 22.5. The monoisotopic (exact) mass is 460 g/mol. The molecule has 2 N–H and O–H groups in total. The van der Waals surface area contributed by atoms with Crippen molar-refractivity contribution >= 4 is 28.1 Å². The van der Waals surface area contributed by atoms with Gasteiger partial charge in [-0.15, -0.1) is 0 Å². The molecule has 1 aromatic carbocycles. The Morgan fingerprint density at radius 3 is 2.65 bits per heavy atom. The molecule has 1 fully saturated rings. The van der Waals surface area contributed by atoms with E-state index in [1.54, 1.807) is 43.0 Å². The Labute approximate surface area is 199 Å². The van der Waals surface area contributed by atoms with Crippen LogP contribution in [0.1, 0.15) is 75.5 Å². The third-order valence-corrected chi connectivity index (χ3v) is 7.14. The lowest BCUT2D eigenvalue weighted by Gasteiger charge is -2.30. The highest BCUT2D eigenvalue weighted by atomic mass is 16.3. The molecular weight excluding hydrogens is 428 g/mol. The summed E-state index contributed by atoms with van der Waals surface area (Å²) in [5, 5.41) is 19.6. The Morgan fingerprint density at radius 1 is 1.18 bits per heavy atom. The van der Waals surface area contributed by atoms with E-state index in [-0.39, 0.29) is 11.6 Å². The number of benzene rings is 1. The highest BCUT2D eigenvalue weighted by Gasteiger charge is 2.27. The summed E-state index contributed by atoms with van der Waals surface area (Å²) < 4.78 is 3.78. The van der Waals surface area contributed by atoms with Gasteiger partial charge in [-0.25, -0.2) is 9.97 Å². The van der Waals surface area contributed by atoms with E-state index in [9.17, 15) is 9.90 Å². The Kier molecular flexibility index (Phi) is 5.64. The third kappa shape index (κ3) is 4.18. The summed E-state index contributed by atoms with van der Waals surface area (Å²) in [5.74, 6) is 1.14. The molecule has 8 heteroatoms. The van der Waals surface area contributed by atoms with Gasteiger partial charge < -0.3 is 10.4 Å². The maximum atomic E-state index is 13.1. The van der Waals surface area contributed by atoms with Gasteiger partial charge >= 0.3 is 0 Å². The van der Waals surface area contributed by atoms with Crippen molar-refractivity contribution in [3.05, 3.63) is 54.4 Å². The minimum Gasteiger partial charge on any atom is -0.386 e. The number of hydrogen-bond donors (Lipinski definition) is 2. The molecule has 8 nitrogen and oxygen atoms in total. The van der Waals surface area contributed by atoms with E-state index >= 15 is 0 Å². The molecule has 178 valence electrons. The van der Waals surface area contributed by atoms with E-state index in [0.29, 0.717) is 22.9 Å². The molecular formula is C26H32N6O2. The fraction of sp³-hybridized carbons (Fsp3) is 0.462. The zero-order chi connectivity index (χ0) is 24.0. The molecule has 1 aliphatic rings. The Morgan fingerprint density at radius 2 is 1.94 bits per heavy atom. The van der Waals surface area contributed by atoms with Gasteiger partial charge in [0.2, 0.25) is 0 Å². The molecule has 1 amide bonds. The lowest BCUT2D eigenvalue weighted by Crippen LogP contribution is -2.21. The number of nitrogens with one attached hydrogen (secondary N) is 1. The van der Waals surface area contributed by atoms with Crippen LogP contribution < -0.4 is 5.32 Å². The van der Waals surface area contributed by atoms with Crippen molar-refractivity contribution in [3.8, 4) is 0 Å². The SMILES string of the molecule is CC(C)[C@H]1CC[C@@H](n2cc3cc(NC(=O)c4ncn5cccnc45)c(C(C)(C)O)cc3n2)CC1. The summed E-state index contributed by atoms with van der Waals surface area (Å²) in [7, 11) is 0. The highest BCUT2D eigenvalue weighted by molar-refractivity contribution is 6.08. The molecule has 1 saturated carbocycles. The topological polar surface area (TPSA) is 97.3 Å². The van der Waals surface area contributed by atoms with Crippen LogP contribution in [-0.2, 0) is 5.60 Å². The van der Waals surface area contributed by atoms with Crippen LogP contribution in [-0.4, -0.2) is 35.2 Å². The van der Waals surface area contributed by atoms with Crippen LogP contribution >= 0.6 is 0 Å². The van der Waals surface area contributed by atoms with Crippen molar-refractivity contribution in [3.63, 3.8) is 0 Å². The van der Waals surface area contributed by atoms with Crippen LogP contribution in [0.15, 0.2) is 43.1 Å². The first-order valence-electron chi connectivity index (χ1n) is 12.1. The minimum absolute atomic E-state index is 0.236. The molecule has 4 aromatic rings. The number of aromatic nitrogens is 5. The van der Waals surface area contributed by atoms with Crippen LogP contribution in [0.5, 0.6) is 0 Å². The van der Waals surface area contributed by atoms with Gasteiger partial charge in [-0.05, 0) is 69.6 Å². The second-order valence-corrected chi connectivity index (χ2v) is 10.3. The van der Waals surface area contributed by atoms with Gasteiger partial charge in [0, 0.05) is 35.2 Å². The lowest BCUT2D eigenvalue weighted by atomic mass is 9.80. The second kappa shape index (κ2) is 8.51. The van der Waals surface area contributed by atoms with Gasteiger partial charge in [-0.2, -0.15) is 5.10 Å². The van der Waals surface area contributed by atoms with Gasteiger partial charge in [0.25, 0.3) is 5.91 Å². The third-order valence-electron chi connectivity index (χ3n) is 7.14. The molecule has 0 saturated heterocycles. The number of aliphatic hydroxyl groups is 1. The summed E-state index contributed by atoms with van der Waals surface area (Å²) >= 11 is 0. The summed E-state index contributed by atoms with van der Waals surface area (Å²) in [6.45, 7) is 8.04. The Balaban J connectivity index is 1.47. The zero-order valence-corrected chi connectivity index (χ0v) is 20.2.